The summed E-state index contributed by atoms with van der Waals surface area (Å²) in [6.07, 6.45) is 3.38. The third kappa shape index (κ3) is 4.46. The number of carbonyl (C=O) groups is 1. The van der Waals surface area contributed by atoms with E-state index in [-0.39, 0.29) is 5.78 Å². The highest BCUT2D eigenvalue weighted by molar-refractivity contribution is 5.98. The summed E-state index contributed by atoms with van der Waals surface area (Å²) in [5, 5.41) is 0. The lowest BCUT2D eigenvalue weighted by molar-refractivity contribution is 0.0893. The van der Waals surface area contributed by atoms with E-state index < -0.39 is 0 Å². The lowest BCUT2D eigenvalue weighted by Gasteiger charge is -2.30. The molecular formula is C17H26N2O2. The van der Waals surface area contributed by atoms with E-state index in [9.17, 15) is 4.79 Å². The van der Waals surface area contributed by atoms with Gasteiger partial charge in [-0.3, -0.25) is 9.69 Å². The summed E-state index contributed by atoms with van der Waals surface area (Å²) in [5.74, 6) is 1.49. The van der Waals surface area contributed by atoms with Crippen LogP contribution >= 0.6 is 0 Å². The Morgan fingerprint density at radius 3 is 2.95 bits per heavy atom. The fourth-order valence-electron chi connectivity index (χ4n) is 2.79. The van der Waals surface area contributed by atoms with Crippen molar-refractivity contribution >= 4 is 11.5 Å². The van der Waals surface area contributed by atoms with E-state index in [0.29, 0.717) is 36.1 Å². The van der Waals surface area contributed by atoms with Gasteiger partial charge < -0.3 is 10.5 Å². The van der Waals surface area contributed by atoms with E-state index in [1.165, 1.54) is 12.8 Å². The first-order valence-corrected chi connectivity index (χ1v) is 7.88. The molecule has 0 aromatic heterocycles. The van der Waals surface area contributed by atoms with E-state index in [1.807, 2.05) is 13.0 Å². The molecule has 116 valence electrons. The molecule has 1 saturated heterocycles. The average molecular weight is 290 g/mol. The van der Waals surface area contributed by atoms with Crippen LogP contribution in [-0.4, -0.2) is 36.9 Å². The first kappa shape index (κ1) is 15.8. The minimum atomic E-state index is 0.137. The van der Waals surface area contributed by atoms with Crippen molar-refractivity contribution < 1.29 is 9.53 Å². The molecule has 1 heterocycles. The van der Waals surface area contributed by atoms with Gasteiger partial charge in [0.05, 0.1) is 18.8 Å². The van der Waals surface area contributed by atoms with Crippen LogP contribution in [0.1, 0.15) is 43.5 Å². The third-order valence-electron chi connectivity index (χ3n) is 3.90. The second-order valence-corrected chi connectivity index (χ2v) is 6.01. The molecule has 1 unspecified atom stereocenters. The Morgan fingerprint density at radius 1 is 1.48 bits per heavy atom. The van der Waals surface area contributed by atoms with Gasteiger partial charge in [0.1, 0.15) is 5.75 Å². The topological polar surface area (TPSA) is 55.6 Å². The van der Waals surface area contributed by atoms with Crippen molar-refractivity contribution in [2.45, 2.75) is 33.1 Å². The molecule has 0 aliphatic carbocycles. The predicted octanol–water partition coefficient (Wildman–Crippen LogP) is 2.97. The molecular weight excluding hydrogens is 264 g/mol. The SMILES string of the molecule is CCCOc1ccc(C(=O)CN2CCCC(C)C2)cc1N. The molecule has 2 N–H and O–H groups in total. The van der Waals surface area contributed by atoms with Gasteiger partial charge in [-0.2, -0.15) is 0 Å². The van der Waals surface area contributed by atoms with E-state index in [1.54, 1.807) is 12.1 Å². The molecule has 4 nitrogen and oxygen atoms in total. The third-order valence-corrected chi connectivity index (χ3v) is 3.90. The second kappa shape index (κ2) is 7.46. The maximum absolute atomic E-state index is 12.4. The first-order valence-electron chi connectivity index (χ1n) is 7.88. The number of hydrogen-bond acceptors (Lipinski definition) is 4. The number of rotatable bonds is 6. The number of hydrogen-bond donors (Lipinski definition) is 1. The molecule has 4 heteroatoms. The number of Topliss-reactive ketones (excluding diaryl/α,β-unsaturated/α-hetero) is 1. The Bertz CT molecular complexity index is 488. The van der Waals surface area contributed by atoms with Gasteiger partial charge in [-0.1, -0.05) is 13.8 Å². The number of benzene rings is 1. The molecule has 0 radical (unpaired) electrons. The van der Waals surface area contributed by atoms with Crippen LogP contribution in [0.15, 0.2) is 18.2 Å². The lowest BCUT2D eigenvalue weighted by Crippen LogP contribution is -2.38. The molecule has 1 atom stereocenters. The summed E-state index contributed by atoms with van der Waals surface area (Å²) in [6, 6.07) is 5.36. The Hall–Kier alpha value is -1.55. The quantitative estimate of drug-likeness (QED) is 0.646. The fourth-order valence-corrected chi connectivity index (χ4v) is 2.79. The summed E-state index contributed by atoms with van der Waals surface area (Å²) in [5.41, 5.74) is 7.18. The molecule has 0 spiro atoms. The number of nitrogen functional groups attached to an aromatic ring is 1. The maximum Gasteiger partial charge on any atom is 0.176 e. The van der Waals surface area contributed by atoms with Crippen LogP contribution in [0, 0.1) is 5.92 Å². The number of ether oxygens (including phenoxy) is 1. The van der Waals surface area contributed by atoms with E-state index in [4.69, 9.17) is 10.5 Å². The van der Waals surface area contributed by atoms with Crippen molar-refractivity contribution in [3.8, 4) is 5.75 Å². The summed E-state index contributed by atoms with van der Waals surface area (Å²) >= 11 is 0. The number of carbonyl (C=O) groups excluding carboxylic acids is 1. The van der Waals surface area contributed by atoms with Gasteiger partial charge >= 0.3 is 0 Å². The van der Waals surface area contributed by atoms with Gasteiger partial charge in [-0.25, -0.2) is 0 Å². The van der Waals surface area contributed by atoms with Crippen molar-refractivity contribution in [3.63, 3.8) is 0 Å². The fraction of sp³-hybridized carbons (Fsp3) is 0.588. The molecule has 1 aliphatic rings. The van der Waals surface area contributed by atoms with Crippen LogP contribution in [0.2, 0.25) is 0 Å². The Balaban J connectivity index is 1.97. The highest BCUT2D eigenvalue weighted by Crippen LogP contribution is 2.23. The summed E-state index contributed by atoms with van der Waals surface area (Å²) in [7, 11) is 0. The summed E-state index contributed by atoms with van der Waals surface area (Å²) in [6.45, 7) is 7.45. The Labute approximate surface area is 127 Å². The number of likely N-dealkylation sites (tertiary alicyclic amines) is 1. The molecule has 0 saturated carbocycles. The van der Waals surface area contributed by atoms with Crippen LogP contribution in [0.25, 0.3) is 0 Å². The lowest BCUT2D eigenvalue weighted by atomic mass is 9.99. The standard InChI is InChI=1S/C17H26N2O2/c1-3-9-21-17-7-6-14(10-15(17)18)16(20)12-19-8-4-5-13(2)11-19/h6-7,10,13H,3-5,8-9,11-12,18H2,1-2H3. The highest BCUT2D eigenvalue weighted by Gasteiger charge is 2.19. The Kier molecular flexibility index (Phi) is 5.62. The maximum atomic E-state index is 12.4. The summed E-state index contributed by atoms with van der Waals surface area (Å²) < 4.78 is 5.54. The molecule has 1 aromatic carbocycles. The van der Waals surface area contributed by atoms with Gasteiger partial charge in [0.2, 0.25) is 0 Å². The van der Waals surface area contributed by atoms with Crippen molar-refractivity contribution in [3.05, 3.63) is 23.8 Å². The molecule has 1 fully saturated rings. The van der Waals surface area contributed by atoms with Crippen molar-refractivity contribution in [1.82, 2.24) is 4.90 Å². The zero-order chi connectivity index (χ0) is 15.2. The van der Waals surface area contributed by atoms with Crippen LogP contribution in [0.5, 0.6) is 5.75 Å². The largest absolute Gasteiger partial charge is 0.491 e. The molecule has 1 aliphatic heterocycles. The molecule has 0 amide bonds. The molecule has 21 heavy (non-hydrogen) atoms. The minimum Gasteiger partial charge on any atom is -0.491 e. The normalized spacial score (nSPS) is 19.4. The monoisotopic (exact) mass is 290 g/mol. The van der Waals surface area contributed by atoms with Gasteiger partial charge in [0.15, 0.2) is 5.78 Å². The van der Waals surface area contributed by atoms with E-state index in [0.717, 1.165) is 19.5 Å². The molecule has 1 aromatic rings. The number of nitrogens with two attached hydrogens (primary N) is 1. The first-order chi connectivity index (χ1) is 10.1. The minimum absolute atomic E-state index is 0.137. The number of piperidine rings is 1. The predicted molar refractivity (Wildman–Crippen MR) is 85.8 cm³/mol. The smallest absolute Gasteiger partial charge is 0.176 e. The van der Waals surface area contributed by atoms with Crippen LogP contribution in [0.3, 0.4) is 0 Å². The van der Waals surface area contributed by atoms with Gasteiger partial charge in [0.25, 0.3) is 0 Å². The molecule has 2 rings (SSSR count). The van der Waals surface area contributed by atoms with Crippen LogP contribution in [-0.2, 0) is 0 Å². The molecule has 0 bridgehead atoms. The van der Waals surface area contributed by atoms with Crippen molar-refractivity contribution in [1.29, 1.82) is 0 Å². The average Bonchev–Trinajstić information content (AvgIpc) is 2.46. The van der Waals surface area contributed by atoms with Gasteiger partial charge in [-0.05, 0) is 49.9 Å². The number of nitrogens with zero attached hydrogens (tertiary/aromatic N) is 1. The van der Waals surface area contributed by atoms with Crippen LogP contribution < -0.4 is 10.5 Å². The van der Waals surface area contributed by atoms with Crippen molar-refractivity contribution in [2.24, 2.45) is 5.92 Å². The van der Waals surface area contributed by atoms with Gasteiger partial charge in [-0.15, -0.1) is 0 Å². The van der Waals surface area contributed by atoms with E-state index >= 15 is 0 Å². The van der Waals surface area contributed by atoms with E-state index in [2.05, 4.69) is 11.8 Å². The summed E-state index contributed by atoms with van der Waals surface area (Å²) in [4.78, 5) is 14.6. The number of anilines is 1. The van der Waals surface area contributed by atoms with Crippen LogP contribution in [0.4, 0.5) is 5.69 Å². The van der Waals surface area contributed by atoms with Crippen molar-refractivity contribution in [2.75, 3.05) is 32.0 Å². The number of ketones is 1. The second-order valence-electron chi connectivity index (χ2n) is 6.01. The highest BCUT2D eigenvalue weighted by atomic mass is 16.5. The Morgan fingerprint density at radius 2 is 2.29 bits per heavy atom. The van der Waals surface area contributed by atoms with Gasteiger partial charge in [0, 0.05) is 12.1 Å². The zero-order valence-electron chi connectivity index (χ0n) is 13.1. The zero-order valence-corrected chi connectivity index (χ0v) is 13.1.